The maximum Gasteiger partial charge on any atom is 0.316 e. The summed E-state index contributed by atoms with van der Waals surface area (Å²) in [5, 5.41) is 1.83. The van der Waals surface area contributed by atoms with Crippen molar-refractivity contribution in [2.24, 2.45) is 0 Å². The van der Waals surface area contributed by atoms with Crippen LogP contribution in [0.1, 0.15) is 19.4 Å². The number of esters is 1. The molecule has 0 fully saturated rings. The lowest BCUT2D eigenvalue weighted by atomic mass is 10.3. The Labute approximate surface area is 129 Å². The molecule has 2 aromatic heterocycles. The molecule has 2 aromatic rings. The first kappa shape index (κ1) is 16.4. The molecule has 0 radical (unpaired) electrons. The number of halogens is 1. The highest BCUT2D eigenvalue weighted by molar-refractivity contribution is 9.11. The van der Waals surface area contributed by atoms with Crippen molar-refractivity contribution in [3.63, 3.8) is 0 Å². The van der Waals surface area contributed by atoms with E-state index in [1.165, 1.54) is 25.2 Å². The molecule has 0 aliphatic rings. The summed E-state index contributed by atoms with van der Waals surface area (Å²) in [7, 11) is 1.38. The number of hydrogen-bond acceptors (Lipinski definition) is 6. The summed E-state index contributed by atoms with van der Waals surface area (Å²) in [6, 6.07) is 0. The number of thioether (sulfide) groups is 1. The molecule has 19 heavy (non-hydrogen) atoms. The smallest absolute Gasteiger partial charge is 0.316 e. The number of methoxy groups -OCH3 is 1. The van der Waals surface area contributed by atoms with Crippen LogP contribution in [0.15, 0.2) is 15.1 Å². The van der Waals surface area contributed by atoms with E-state index in [9.17, 15) is 4.79 Å². The molecular weight excluding hydrogens is 348 g/mol. The van der Waals surface area contributed by atoms with Crippen LogP contribution in [-0.2, 0) is 9.53 Å². The third-order valence-electron chi connectivity index (χ3n) is 2.19. The van der Waals surface area contributed by atoms with Gasteiger partial charge in [0.15, 0.2) is 0 Å². The zero-order valence-electron chi connectivity index (χ0n) is 11.2. The van der Waals surface area contributed by atoms with Crippen molar-refractivity contribution in [3.8, 4) is 0 Å². The Morgan fingerprint density at radius 3 is 2.79 bits per heavy atom. The highest BCUT2D eigenvalue weighted by atomic mass is 79.9. The molecule has 0 saturated heterocycles. The van der Waals surface area contributed by atoms with Crippen molar-refractivity contribution in [2.45, 2.75) is 25.8 Å². The Morgan fingerprint density at radius 1 is 1.47 bits per heavy atom. The highest BCUT2D eigenvalue weighted by Gasteiger charge is 2.14. The Balaban J connectivity index is 0.000000861. The van der Waals surface area contributed by atoms with Crippen molar-refractivity contribution >= 4 is 55.2 Å². The van der Waals surface area contributed by atoms with Crippen molar-refractivity contribution in [2.75, 3.05) is 12.9 Å². The number of aromatic nitrogens is 2. The van der Waals surface area contributed by atoms with Crippen LogP contribution < -0.4 is 0 Å². The fraction of sp³-hybridized carbons (Fsp3) is 0.417. The van der Waals surface area contributed by atoms with Gasteiger partial charge >= 0.3 is 5.97 Å². The average Bonchev–Trinajstić information content (AvgIpc) is 2.74. The van der Waals surface area contributed by atoms with Gasteiger partial charge in [0.05, 0.1) is 16.6 Å². The van der Waals surface area contributed by atoms with Gasteiger partial charge in [-0.25, -0.2) is 9.97 Å². The van der Waals surface area contributed by atoms with Crippen LogP contribution in [0.3, 0.4) is 0 Å². The fourth-order valence-electron chi connectivity index (χ4n) is 1.31. The fourth-order valence-corrected chi connectivity index (χ4v) is 3.80. The zero-order chi connectivity index (χ0) is 14.4. The second-order valence-corrected chi connectivity index (χ2v) is 6.51. The van der Waals surface area contributed by atoms with Crippen LogP contribution in [-0.4, -0.2) is 28.8 Å². The first-order valence-electron chi connectivity index (χ1n) is 5.72. The maximum absolute atomic E-state index is 11.1. The number of fused-ring (bicyclic) bond motifs is 1. The lowest BCUT2D eigenvalue weighted by Gasteiger charge is -2.01. The first-order chi connectivity index (χ1) is 9.13. The molecule has 0 N–H and O–H groups in total. The molecule has 0 aromatic carbocycles. The number of nitrogens with zero attached hydrogens (tertiary/aromatic N) is 2. The van der Waals surface area contributed by atoms with Gasteiger partial charge in [0.2, 0.25) is 0 Å². The molecule has 4 nitrogen and oxygen atoms in total. The van der Waals surface area contributed by atoms with E-state index in [0.29, 0.717) is 0 Å². The number of aryl methyl sites for hydroxylation is 1. The predicted octanol–water partition coefficient (Wildman–Crippen LogP) is 4.05. The van der Waals surface area contributed by atoms with Crippen molar-refractivity contribution in [1.29, 1.82) is 0 Å². The van der Waals surface area contributed by atoms with E-state index >= 15 is 0 Å². The van der Waals surface area contributed by atoms with E-state index in [1.54, 1.807) is 11.3 Å². The number of rotatable bonds is 3. The van der Waals surface area contributed by atoms with E-state index in [0.717, 1.165) is 24.6 Å². The highest BCUT2D eigenvalue weighted by Crippen LogP contribution is 2.37. The first-order valence-corrected chi connectivity index (χ1v) is 8.32. The minimum absolute atomic E-state index is 0.256. The largest absolute Gasteiger partial charge is 0.468 e. The predicted molar refractivity (Wildman–Crippen MR) is 83.9 cm³/mol. The molecule has 0 saturated carbocycles. The minimum Gasteiger partial charge on any atom is -0.468 e. The van der Waals surface area contributed by atoms with Gasteiger partial charge < -0.3 is 4.74 Å². The molecule has 0 atom stereocenters. The van der Waals surface area contributed by atoms with Crippen LogP contribution in [0.5, 0.6) is 0 Å². The second kappa shape index (κ2) is 7.81. The van der Waals surface area contributed by atoms with E-state index in [1.807, 2.05) is 20.8 Å². The number of ether oxygens (including phenoxy) is 1. The summed E-state index contributed by atoms with van der Waals surface area (Å²) in [6.07, 6.45) is 1.52. The molecule has 0 spiro atoms. The van der Waals surface area contributed by atoms with Crippen LogP contribution in [0.25, 0.3) is 10.2 Å². The Morgan fingerprint density at radius 2 is 2.16 bits per heavy atom. The van der Waals surface area contributed by atoms with E-state index in [4.69, 9.17) is 0 Å². The number of carbonyl (C=O) groups is 1. The summed E-state index contributed by atoms with van der Waals surface area (Å²) >= 11 is 6.43. The molecule has 0 amide bonds. The van der Waals surface area contributed by atoms with Crippen LogP contribution in [0, 0.1) is 6.92 Å². The van der Waals surface area contributed by atoms with Crippen LogP contribution in [0.2, 0.25) is 0 Å². The summed E-state index contributed by atoms with van der Waals surface area (Å²) in [5.74, 6) is 0.00362. The maximum atomic E-state index is 11.1. The van der Waals surface area contributed by atoms with Gasteiger partial charge in [-0.15, -0.1) is 11.3 Å². The topological polar surface area (TPSA) is 52.1 Å². The van der Waals surface area contributed by atoms with Gasteiger partial charge in [-0.3, -0.25) is 4.79 Å². The SMILES string of the molecule is CC.COC(=O)CSc1ncnc2sc(Br)c(C)c12. The van der Waals surface area contributed by atoms with Crippen molar-refractivity contribution in [3.05, 3.63) is 15.7 Å². The molecule has 0 aliphatic heterocycles. The molecule has 0 bridgehead atoms. The Kier molecular flexibility index (Phi) is 6.74. The number of thiophene rings is 1. The molecule has 2 rings (SSSR count). The molecule has 104 valence electrons. The quantitative estimate of drug-likeness (QED) is 0.468. The van der Waals surface area contributed by atoms with Gasteiger partial charge in [0, 0.05) is 5.39 Å². The van der Waals surface area contributed by atoms with Gasteiger partial charge in [-0.2, -0.15) is 0 Å². The van der Waals surface area contributed by atoms with Crippen molar-refractivity contribution < 1.29 is 9.53 Å². The molecule has 0 unspecified atom stereocenters. The average molecular weight is 363 g/mol. The van der Waals surface area contributed by atoms with Gasteiger partial charge in [0.1, 0.15) is 16.2 Å². The van der Waals surface area contributed by atoms with Crippen molar-refractivity contribution in [1.82, 2.24) is 9.97 Å². The van der Waals surface area contributed by atoms with E-state index in [-0.39, 0.29) is 11.7 Å². The van der Waals surface area contributed by atoms with E-state index in [2.05, 4.69) is 30.6 Å². The third-order valence-corrected chi connectivity index (χ3v) is 5.22. The Bertz CT molecular complexity index is 572. The summed E-state index contributed by atoms with van der Waals surface area (Å²) in [4.78, 5) is 20.5. The third kappa shape index (κ3) is 3.90. The summed E-state index contributed by atoms with van der Waals surface area (Å²) < 4.78 is 5.66. The molecule has 2 heterocycles. The molecular formula is C12H15BrN2O2S2. The number of carbonyl (C=O) groups excluding carboxylic acids is 1. The zero-order valence-corrected chi connectivity index (χ0v) is 14.4. The van der Waals surface area contributed by atoms with E-state index < -0.39 is 0 Å². The second-order valence-electron chi connectivity index (χ2n) is 3.22. The standard InChI is InChI=1S/C10H9BrN2O2S2.C2H6/c1-5-7-9(16-3-6(14)15-2)12-4-13-10(7)17-8(5)11;1-2/h4H,3H2,1-2H3;1-2H3. The van der Waals surface area contributed by atoms with Gasteiger partial charge in [-0.05, 0) is 28.4 Å². The lowest BCUT2D eigenvalue weighted by Crippen LogP contribution is -2.03. The van der Waals surface area contributed by atoms with Gasteiger partial charge in [-0.1, -0.05) is 25.6 Å². The molecule has 7 heteroatoms. The lowest BCUT2D eigenvalue weighted by molar-refractivity contribution is -0.137. The number of hydrogen-bond donors (Lipinski definition) is 0. The van der Waals surface area contributed by atoms with Crippen LogP contribution >= 0.6 is 39.0 Å². The normalized spacial score (nSPS) is 9.95. The minimum atomic E-state index is -0.256. The van der Waals surface area contributed by atoms with Gasteiger partial charge in [0.25, 0.3) is 0 Å². The molecule has 0 aliphatic carbocycles. The Hall–Kier alpha value is -0.660. The summed E-state index contributed by atoms with van der Waals surface area (Å²) in [6.45, 7) is 6.01. The summed E-state index contributed by atoms with van der Waals surface area (Å²) in [5.41, 5.74) is 1.11. The van der Waals surface area contributed by atoms with Crippen LogP contribution in [0.4, 0.5) is 0 Å². The monoisotopic (exact) mass is 362 g/mol.